The summed E-state index contributed by atoms with van der Waals surface area (Å²) in [6.07, 6.45) is 7.64. The summed E-state index contributed by atoms with van der Waals surface area (Å²) in [5.74, 6) is 1.05. The van der Waals surface area contributed by atoms with Crippen molar-refractivity contribution < 1.29 is 4.74 Å². The minimum absolute atomic E-state index is 0.285. The van der Waals surface area contributed by atoms with E-state index < -0.39 is 0 Å². The molecular formula is C17H27NO. The van der Waals surface area contributed by atoms with Gasteiger partial charge in [-0.05, 0) is 68.3 Å². The van der Waals surface area contributed by atoms with Crippen LogP contribution in [-0.2, 0) is 12.8 Å². The summed E-state index contributed by atoms with van der Waals surface area (Å²) in [5, 5.41) is 3.44. The first-order valence-corrected chi connectivity index (χ1v) is 7.82. The fraction of sp³-hybridized carbons (Fsp3) is 0.647. The molecule has 0 bridgehead atoms. The number of hydrogen-bond donors (Lipinski definition) is 1. The highest BCUT2D eigenvalue weighted by molar-refractivity contribution is 5.37. The van der Waals surface area contributed by atoms with Gasteiger partial charge in [0.2, 0.25) is 0 Å². The maximum Gasteiger partial charge on any atom is 0.120 e. The average Bonchev–Trinajstić information content (AvgIpc) is 2.46. The van der Waals surface area contributed by atoms with Gasteiger partial charge in [0.15, 0.2) is 0 Å². The van der Waals surface area contributed by atoms with Gasteiger partial charge in [0, 0.05) is 6.54 Å². The zero-order valence-electron chi connectivity index (χ0n) is 12.4. The summed E-state index contributed by atoms with van der Waals surface area (Å²) in [6, 6.07) is 6.67. The van der Waals surface area contributed by atoms with E-state index in [1.165, 1.54) is 43.2 Å². The molecule has 0 fully saturated rings. The fourth-order valence-electron chi connectivity index (χ4n) is 2.68. The predicted molar refractivity (Wildman–Crippen MR) is 81.0 cm³/mol. The van der Waals surface area contributed by atoms with Crippen molar-refractivity contribution in [1.82, 2.24) is 5.32 Å². The van der Waals surface area contributed by atoms with Gasteiger partial charge in [-0.1, -0.05) is 19.9 Å². The van der Waals surface area contributed by atoms with Crippen LogP contribution in [0.25, 0.3) is 0 Å². The normalized spacial score (nSPS) is 15.9. The highest BCUT2D eigenvalue weighted by atomic mass is 16.5. The lowest BCUT2D eigenvalue weighted by Crippen LogP contribution is -2.31. The lowest BCUT2D eigenvalue weighted by molar-refractivity contribution is 0.193. The van der Waals surface area contributed by atoms with Crippen LogP contribution in [0.5, 0.6) is 5.75 Å². The number of benzene rings is 1. The van der Waals surface area contributed by atoms with Crippen molar-refractivity contribution in [3.05, 3.63) is 29.3 Å². The zero-order valence-corrected chi connectivity index (χ0v) is 12.4. The van der Waals surface area contributed by atoms with Crippen molar-refractivity contribution in [2.24, 2.45) is 0 Å². The van der Waals surface area contributed by atoms with Crippen LogP contribution in [0.1, 0.15) is 50.7 Å². The van der Waals surface area contributed by atoms with Crippen molar-refractivity contribution in [3.8, 4) is 5.75 Å². The van der Waals surface area contributed by atoms with E-state index in [4.69, 9.17) is 4.74 Å². The molecule has 0 saturated carbocycles. The first-order valence-electron chi connectivity index (χ1n) is 7.82. The van der Waals surface area contributed by atoms with Crippen molar-refractivity contribution in [1.29, 1.82) is 0 Å². The van der Waals surface area contributed by atoms with Gasteiger partial charge < -0.3 is 10.1 Å². The maximum atomic E-state index is 6.11. The molecule has 1 atom stereocenters. The Morgan fingerprint density at radius 1 is 1.16 bits per heavy atom. The first-order chi connectivity index (χ1) is 9.33. The second-order valence-electron chi connectivity index (χ2n) is 5.49. The SMILES string of the molecule is CCCNCC(CC)Oc1ccc2c(c1)CCCC2. The van der Waals surface area contributed by atoms with E-state index in [2.05, 4.69) is 37.4 Å². The Kier molecular flexibility index (Phi) is 5.71. The monoisotopic (exact) mass is 261 g/mol. The minimum atomic E-state index is 0.285. The molecular weight excluding hydrogens is 234 g/mol. The highest BCUT2D eigenvalue weighted by Gasteiger charge is 2.12. The second-order valence-corrected chi connectivity index (χ2v) is 5.49. The standard InChI is InChI=1S/C17H27NO/c1-3-11-18-13-16(4-2)19-17-10-9-14-7-5-6-8-15(14)12-17/h9-10,12,16,18H,3-8,11,13H2,1-2H3. The average molecular weight is 261 g/mol. The van der Waals surface area contributed by atoms with E-state index in [-0.39, 0.29) is 6.10 Å². The second kappa shape index (κ2) is 7.54. The van der Waals surface area contributed by atoms with E-state index in [0.717, 1.165) is 25.3 Å². The highest BCUT2D eigenvalue weighted by Crippen LogP contribution is 2.26. The van der Waals surface area contributed by atoms with Gasteiger partial charge in [0.1, 0.15) is 11.9 Å². The lowest BCUT2D eigenvalue weighted by Gasteiger charge is -2.21. The van der Waals surface area contributed by atoms with Crippen LogP contribution in [0, 0.1) is 0 Å². The summed E-state index contributed by atoms with van der Waals surface area (Å²) < 4.78 is 6.11. The minimum Gasteiger partial charge on any atom is -0.489 e. The molecule has 106 valence electrons. The third kappa shape index (κ3) is 4.24. The molecule has 1 N–H and O–H groups in total. The molecule has 0 radical (unpaired) electrons. The molecule has 0 saturated heterocycles. The summed E-state index contributed by atoms with van der Waals surface area (Å²) in [6.45, 7) is 6.40. The van der Waals surface area contributed by atoms with Crippen molar-refractivity contribution in [3.63, 3.8) is 0 Å². The van der Waals surface area contributed by atoms with E-state index >= 15 is 0 Å². The number of ether oxygens (including phenoxy) is 1. The first kappa shape index (κ1) is 14.4. The van der Waals surface area contributed by atoms with E-state index in [0.29, 0.717) is 0 Å². The number of rotatable bonds is 7. The molecule has 1 aliphatic rings. The molecule has 0 heterocycles. The third-order valence-corrected chi connectivity index (χ3v) is 3.88. The molecule has 2 heteroatoms. The molecule has 0 spiro atoms. The molecule has 0 amide bonds. The Balaban J connectivity index is 1.93. The van der Waals surface area contributed by atoms with Crippen LogP contribution in [0.15, 0.2) is 18.2 Å². The van der Waals surface area contributed by atoms with Crippen LogP contribution >= 0.6 is 0 Å². The molecule has 0 aromatic heterocycles. The zero-order chi connectivity index (χ0) is 13.5. The Hall–Kier alpha value is -1.02. The number of nitrogens with one attached hydrogen (secondary N) is 1. The largest absolute Gasteiger partial charge is 0.489 e. The van der Waals surface area contributed by atoms with Crippen molar-refractivity contribution in [2.75, 3.05) is 13.1 Å². The molecule has 1 aromatic rings. The van der Waals surface area contributed by atoms with Gasteiger partial charge in [-0.15, -0.1) is 0 Å². The maximum absolute atomic E-state index is 6.11. The van der Waals surface area contributed by atoms with Crippen LogP contribution in [0.3, 0.4) is 0 Å². The van der Waals surface area contributed by atoms with Crippen LogP contribution in [-0.4, -0.2) is 19.2 Å². The van der Waals surface area contributed by atoms with Crippen LogP contribution < -0.4 is 10.1 Å². The number of fused-ring (bicyclic) bond motifs is 1. The quantitative estimate of drug-likeness (QED) is 0.755. The molecule has 1 unspecified atom stereocenters. The number of hydrogen-bond acceptors (Lipinski definition) is 2. The van der Waals surface area contributed by atoms with Gasteiger partial charge in [0.25, 0.3) is 0 Å². The van der Waals surface area contributed by atoms with Crippen LogP contribution in [0.2, 0.25) is 0 Å². The molecule has 0 aliphatic heterocycles. The Morgan fingerprint density at radius 3 is 2.68 bits per heavy atom. The van der Waals surface area contributed by atoms with Gasteiger partial charge >= 0.3 is 0 Å². The smallest absolute Gasteiger partial charge is 0.120 e. The lowest BCUT2D eigenvalue weighted by atomic mass is 9.92. The van der Waals surface area contributed by atoms with E-state index in [9.17, 15) is 0 Å². The van der Waals surface area contributed by atoms with Gasteiger partial charge in [-0.3, -0.25) is 0 Å². The van der Waals surface area contributed by atoms with Gasteiger partial charge in [-0.25, -0.2) is 0 Å². The summed E-state index contributed by atoms with van der Waals surface area (Å²) in [4.78, 5) is 0. The summed E-state index contributed by atoms with van der Waals surface area (Å²) >= 11 is 0. The molecule has 1 aromatic carbocycles. The molecule has 2 rings (SSSR count). The van der Waals surface area contributed by atoms with Crippen molar-refractivity contribution >= 4 is 0 Å². The van der Waals surface area contributed by atoms with Gasteiger partial charge in [-0.2, -0.15) is 0 Å². The van der Waals surface area contributed by atoms with E-state index in [1.807, 2.05) is 0 Å². The number of aryl methyl sites for hydroxylation is 2. The van der Waals surface area contributed by atoms with Gasteiger partial charge in [0.05, 0.1) is 0 Å². The predicted octanol–water partition coefficient (Wildman–Crippen LogP) is 3.72. The summed E-state index contributed by atoms with van der Waals surface area (Å²) in [7, 11) is 0. The Labute approximate surface area is 117 Å². The molecule has 2 nitrogen and oxygen atoms in total. The molecule has 1 aliphatic carbocycles. The van der Waals surface area contributed by atoms with Crippen molar-refractivity contribution in [2.45, 2.75) is 58.5 Å². The Bertz CT molecular complexity index is 389. The fourth-order valence-corrected chi connectivity index (χ4v) is 2.68. The Morgan fingerprint density at radius 2 is 1.95 bits per heavy atom. The third-order valence-electron chi connectivity index (χ3n) is 3.88. The van der Waals surface area contributed by atoms with E-state index in [1.54, 1.807) is 0 Å². The summed E-state index contributed by atoms with van der Waals surface area (Å²) in [5.41, 5.74) is 3.02. The topological polar surface area (TPSA) is 21.3 Å². The van der Waals surface area contributed by atoms with Crippen LogP contribution in [0.4, 0.5) is 0 Å². The molecule has 19 heavy (non-hydrogen) atoms.